The van der Waals surface area contributed by atoms with Crippen LogP contribution in [0, 0.1) is 11.3 Å². The van der Waals surface area contributed by atoms with Crippen molar-refractivity contribution < 1.29 is 0 Å². The van der Waals surface area contributed by atoms with E-state index >= 15 is 0 Å². The van der Waals surface area contributed by atoms with Crippen LogP contribution in [-0.4, -0.2) is 73.7 Å². The Morgan fingerprint density at radius 3 is 1.77 bits per heavy atom. The van der Waals surface area contributed by atoms with Gasteiger partial charge in [0.25, 0.3) is 0 Å². The number of nitrogens with one attached hydrogen (secondary N) is 2. The fourth-order valence-electron chi connectivity index (χ4n) is 4.93. The molecule has 4 unspecified atom stereocenters. The Kier molecular flexibility index (Phi) is 36.2. The molecule has 1 aliphatic rings. The summed E-state index contributed by atoms with van der Waals surface area (Å²) in [4.78, 5) is 5.14. The van der Waals surface area contributed by atoms with E-state index in [-0.39, 0.29) is 7.43 Å². The molecule has 39 heavy (non-hydrogen) atoms. The number of rotatable bonds is 17. The van der Waals surface area contributed by atoms with Crippen LogP contribution in [0.2, 0.25) is 0 Å². The smallest absolute Gasteiger partial charge is 0.0195 e. The van der Waals surface area contributed by atoms with Crippen LogP contribution >= 0.6 is 0 Å². The molecule has 0 aromatic rings. The van der Waals surface area contributed by atoms with Gasteiger partial charge in [0.2, 0.25) is 0 Å². The van der Waals surface area contributed by atoms with Crippen LogP contribution < -0.4 is 10.6 Å². The molecule has 0 amide bonds. The van der Waals surface area contributed by atoms with Gasteiger partial charge >= 0.3 is 0 Å². The van der Waals surface area contributed by atoms with E-state index in [1.165, 1.54) is 84.1 Å². The highest BCUT2D eigenvalue weighted by Crippen LogP contribution is 2.21. The van der Waals surface area contributed by atoms with E-state index in [4.69, 9.17) is 0 Å². The zero-order valence-electron chi connectivity index (χ0n) is 29.3. The standard InChI is InChI=1S/C19H42N2.C11H24N2.2C2H6.CH4/c1-8-12-17(9-2)13-11-14-18(15-20-10-3)21-16(4)19(5,6)7;1-4-12(5-2)10-11(3)13-8-6-7-9-13;2*1-2;/h16-18,20-21H,8-15H2,1-7H3;11H,4-10H2,1-3H3;2*1-2H3;1H4. The SMILES string of the molecule is C.CC.CC.CCCC(CC)CCCC(CNCC)NC(C)C(C)(C)C.CCN(CC)CC(C)N1CCCC1. The average Bonchev–Trinajstić information content (AvgIpc) is 3.47. The zero-order valence-corrected chi connectivity index (χ0v) is 29.3. The second kappa shape index (κ2) is 30.8. The van der Waals surface area contributed by atoms with Crippen LogP contribution in [0.1, 0.15) is 156 Å². The van der Waals surface area contributed by atoms with E-state index in [0.29, 0.717) is 17.5 Å². The molecule has 4 heteroatoms. The first-order valence-corrected chi connectivity index (χ1v) is 17.1. The highest BCUT2D eigenvalue weighted by molar-refractivity contribution is 4.81. The Morgan fingerprint density at radius 1 is 0.821 bits per heavy atom. The van der Waals surface area contributed by atoms with E-state index in [1.807, 2.05) is 27.7 Å². The highest BCUT2D eigenvalue weighted by atomic mass is 15.2. The van der Waals surface area contributed by atoms with Crippen molar-refractivity contribution >= 4 is 0 Å². The molecule has 2 N–H and O–H groups in total. The van der Waals surface area contributed by atoms with E-state index in [0.717, 1.165) is 25.0 Å². The Balaban J connectivity index is -0.000000291. The van der Waals surface area contributed by atoms with Crippen LogP contribution in [0.5, 0.6) is 0 Å². The van der Waals surface area contributed by atoms with Crippen molar-refractivity contribution in [3.63, 3.8) is 0 Å². The minimum atomic E-state index is 0. The van der Waals surface area contributed by atoms with Crippen molar-refractivity contribution in [3.05, 3.63) is 0 Å². The quantitative estimate of drug-likeness (QED) is 0.186. The Labute approximate surface area is 251 Å². The summed E-state index contributed by atoms with van der Waals surface area (Å²) in [5.41, 5.74) is 0.332. The average molecular weight is 559 g/mol. The lowest BCUT2D eigenvalue weighted by Crippen LogP contribution is -2.48. The summed E-state index contributed by atoms with van der Waals surface area (Å²) in [6.45, 7) is 39.4. The predicted molar refractivity (Wildman–Crippen MR) is 184 cm³/mol. The monoisotopic (exact) mass is 559 g/mol. The highest BCUT2D eigenvalue weighted by Gasteiger charge is 2.23. The molecule has 1 aliphatic heterocycles. The zero-order chi connectivity index (χ0) is 30.0. The molecule has 1 fully saturated rings. The maximum atomic E-state index is 3.85. The van der Waals surface area contributed by atoms with Crippen molar-refractivity contribution in [3.8, 4) is 0 Å². The predicted octanol–water partition coefficient (Wildman–Crippen LogP) is 9.49. The van der Waals surface area contributed by atoms with Crippen LogP contribution in [0.25, 0.3) is 0 Å². The molecule has 0 aromatic heterocycles. The van der Waals surface area contributed by atoms with Gasteiger partial charge in [-0.2, -0.15) is 0 Å². The van der Waals surface area contributed by atoms with Gasteiger partial charge in [0, 0.05) is 31.2 Å². The number of likely N-dealkylation sites (tertiary alicyclic amines) is 1. The summed E-state index contributed by atoms with van der Waals surface area (Å²) < 4.78 is 0. The van der Waals surface area contributed by atoms with Crippen LogP contribution in [0.4, 0.5) is 0 Å². The molecule has 0 spiro atoms. The molecule has 4 nitrogen and oxygen atoms in total. The van der Waals surface area contributed by atoms with Gasteiger partial charge in [-0.15, -0.1) is 0 Å². The molecular weight excluding hydrogens is 476 g/mol. The van der Waals surface area contributed by atoms with Crippen molar-refractivity contribution in [2.75, 3.05) is 45.8 Å². The number of nitrogens with zero attached hydrogens (tertiary/aromatic N) is 2. The van der Waals surface area contributed by atoms with E-state index in [2.05, 4.69) is 89.7 Å². The van der Waals surface area contributed by atoms with Gasteiger partial charge in [0.15, 0.2) is 0 Å². The lowest BCUT2D eigenvalue weighted by molar-refractivity contribution is 0.181. The summed E-state index contributed by atoms with van der Waals surface area (Å²) in [7, 11) is 0. The first-order chi connectivity index (χ1) is 18.1. The Morgan fingerprint density at radius 2 is 1.36 bits per heavy atom. The summed E-state index contributed by atoms with van der Waals surface area (Å²) in [5.74, 6) is 0.940. The van der Waals surface area contributed by atoms with Crippen LogP contribution in [0.3, 0.4) is 0 Å². The van der Waals surface area contributed by atoms with Gasteiger partial charge in [-0.05, 0) is 77.2 Å². The third-order valence-electron chi connectivity index (χ3n) is 8.05. The molecule has 0 saturated carbocycles. The molecular formula is C35H82N4. The number of hydrogen-bond acceptors (Lipinski definition) is 4. The third-order valence-corrected chi connectivity index (χ3v) is 8.05. The van der Waals surface area contributed by atoms with Gasteiger partial charge in [-0.3, -0.25) is 4.90 Å². The van der Waals surface area contributed by atoms with Gasteiger partial charge in [0.05, 0.1) is 0 Å². The van der Waals surface area contributed by atoms with Crippen LogP contribution in [0.15, 0.2) is 0 Å². The molecule has 1 rings (SSSR count). The maximum absolute atomic E-state index is 3.85. The van der Waals surface area contributed by atoms with Gasteiger partial charge in [0.1, 0.15) is 0 Å². The lowest BCUT2D eigenvalue weighted by atomic mass is 9.87. The summed E-state index contributed by atoms with van der Waals surface area (Å²) in [6, 6.07) is 1.92. The molecule has 0 aliphatic carbocycles. The van der Waals surface area contributed by atoms with Crippen molar-refractivity contribution in [1.82, 2.24) is 20.4 Å². The Hall–Kier alpha value is -0.160. The number of likely N-dealkylation sites (N-methyl/N-ethyl adjacent to an activating group) is 2. The molecule has 0 aromatic carbocycles. The van der Waals surface area contributed by atoms with Crippen molar-refractivity contribution in [1.29, 1.82) is 0 Å². The normalized spacial score (nSPS) is 16.4. The van der Waals surface area contributed by atoms with Crippen LogP contribution in [-0.2, 0) is 0 Å². The molecule has 0 radical (unpaired) electrons. The van der Waals surface area contributed by atoms with Gasteiger partial charge < -0.3 is 15.5 Å². The summed E-state index contributed by atoms with van der Waals surface area (Å²) >= 11 is 0. The van der Waals surface area contributed by atoms with E-state index in [1.54, 1.807) is 0 Å². The first-order valence-electron chi connectivity index (χ1n) is 17.1. The minimum absolute atomic E-state index is 0. The number of hydrogen-bond donors (Lipinski definition) is 2. The molecule has 1 heterocycles. The molecule has 4 atom stereocenters. The van der Waals surface area contributed by atoms with Crippen molar-refractivity contribution in [2.45, 2.75) is 174 Å². The largest absolute Gasteiger partial charge is 0.315 e. The minimum Gasteiger partial charge on any atom is -0.315 e. The fourth-order valence-corrected chi connectivity index (χ4v) is 4.93. The third kappa shape index (κ3) is 25.3. The second-order valence-corrected chi connectivity index (χ2v) is 11.8. The molecule has 242 valence electrons. The first kappa shape index (κ1) is 45.8. The maximum Gasteiger partial charge on any atom is 0.0195 e. The fraction of sp³-hybridized carbons (Fsp3) is 1.00. The van der Waals surface area contributed by atoms with E-state index in [9.17, 15) is 0 Å². The van der Waals surface area contributed by atoms with Gasteiger partial charge in [-0.25, -0.2) is 0 Å². The van der Waals surface area contributed by atoms with Crippen molar-refractivity contribution in [2.24, 2.45) is 11.3 Å². The van der Waals surface area contributed by atoms with E-state index < -0.39 is 0 Å². The molecule has 0 bridgehead atoms. The summed E-state index contributed by atoms with van der Waals surface area (Å²) in [5, 5.41) is 7.37. The van der Waals surface area contributed by atoms with Gasteiger partial charge in [-0.1, -0.05) is 123 Å². The molecule has 1 saturated heterocycles. The summed E-state index contributed by atoms with van der Waals surface area (Å²) in [6.07, 6.45) is 11.0. The Bertz CT molecular complexity index is 438. The second-order valence-electron chi connectivity index (χ2n) is 11.8. The topological polar surface area (TPSA) is 30.5 Å². The lowest BCUT2D eigenvalue weighted by Gasteiger charge is -2.33.